The summed E-state index contributed by atoms with van der Waals surface area (Å²) in [5.41, 5.74) is 1.04. The van der Waals surface area contributed by atoms with E-state index in [1.54, 1.807) is 7.11 Å². The van der Waals surface area contributed by atoms with Gasteiger partial charge in [-0.15, -0.1) is 0 Å². The highest BCUT2D eigenvalue weighted by Gasteiger charge is 2.38. The monoisotopic (exact) mass is 367 g/mol. The zero-order valence-electron chi connectivity index (χ0n) is 13.0. The van der Waals surface area contributed by atoms with Crippen LogP contribution in [0.15, 0.2) is 23.4 Å². The number of ether oxygens (including phenoxy) is 2. The first-order valence-electron chi connectivity index (χ1n) is 7.69. The summed E-state index contributed by atoms with van der Waals surface area (Å²) in [6.07, 6.45) is 5.95. The van der Waals surface area contributed by atoms with Crippen LogP contribution < -0.4 is 4.74 Å². The van der Waals surface area contributed by atoms with Crippen LogP contribution in [0.1, 0.15) is 24.5 Å². The van der Waals surface area contributed by atoms with E-state index in [1.807, 2.05) is 30.4 Å². The number of pyridine rings is 1. The lowest BCUT2D eigenvalue weighted by Crippen LogP contribution is -2.32. The van der Waals surface area contributed by atoms with Gasteiger partial charge in [0, 0.05) is 44.4 Å². The molecule has 2 aliphatic heterocycles. The van der Waals surface area contributed by atoms with Crippen LogP contribution in [0.2, 0.25) is 0 Å². The first-order valence-corrected chi connectivity index (χ1v) is 8.60. The molecule has 4 atom stereocenters. The van der Waals surface area contributed by atoms with Crippen molar-refractivity contribution in [1.82, 2.24) is 9.99 Å². The molecule has 1 saturated heterocycles. The summed E-state index contributed by atoms with van der Waals surface area (Å²) >= 11 is 3.61. The molecule has 0 saturated carbocycles. The smallest absolute Gasteiger partial charge is 0.140 e. The Hall–Kier alpha value is -1.14. The molecule has 0 spiro atoms. The summed E-state index contributed by atoms with van der Waals surface area (Å²) in [6, 6.07) is 3.92. The molecule has 0 aromatic carbocycles. The van der Waals surface area contributed by atoms with Crippen LogP contribution in [-0.4, -0.2) is 48.5 Å². The lowest BCUT2D eigenvalue weighted by Gasteiger charge is -2.35. The lowest BCUT2D eigenvalue weighted by atomic mass is 9.75. The Kier molecular flexibility index (Phi) is 4.98. The fourth-order valence-electron chi connectivity index (χ4n) is 3.50. The zero-order chi connectivity index (χ0) is 15.5. The van der Waals surface area contributed by atoms with Gasteiger partial charge in [-0.1, -0.05) is 15.9 Å². The van der Waals surface area contributed by atoms with E-state index in [-0.39, 0.29) is 5.01 Å². The van der Waals surface area contributed by atoms with Gasteiger partial charge in [0.05, 0.1) is 12.8 Å². The van der Waals surface area contributed by atoms with Crippen molar-refractivity contribution < 1.29 is 9.47 Å². The first-order chi connectivity index (χ1) is 10.7. The molecule has 22 heavy (non-hydrogen) atoms. The maximum Gasteiger partial charge on any atom is 0.140 e. The average Bonchev–Trinajstić information content (AvgIpc) is 2.94. The molecule has 120 valence electrons. The van der Waals surface area contributed by atoms with E-state index < -0.39 is 0 Å². The third-order valence-electron chi connectivity index (χ3n) is 4.51. The minimum atomic E-state index is 0.125. The van der Waals surface area contributed by atoms with Crippen molar-refractivity contribution in [3.8, 4) is 5.75 Å². The molecule has 3 heterocycles. The molecular weight excluding hydrogens is 346 g/mol. The molecule has 0 amide bonds. The summed E-state index contributed by atoms with van der Waals surface area (Å²) in [7, 11) is 3.73. The normalized spacial score (nSPS) is 29.6. The van der Waals surface area contributed by atoms with Gasteiger partial charge < -0.3 is 9.47 Å². The maximum atomic E-state index is 5.66. The van der Waals surface area contributed by atoms with Gasteiger partial charge in [0.1, 0.15) is 10.8 Å². The van der Waals surface area contributed by atoms with Crippen molar-refractivity contribution in [3.05, 3.63) is 24.0 Å². The second-order valence-corrected chi connectivity index (χ2v) is 6.97. The largest absolute Gasteiger partial charge is 0.495 e. The topological polar surface area (TPSA) is 47.0 Å². The molecule has 0 aliphatic carbocycles. The number of methoxy groups -OCH3 is 1. The molecule has 5 nitrogen and oxygen atoms in total. The average molecular weight is 368 g/mol. The van der Waals surface area contributed by atoms with Crippen LogP contribution >= 0.6 is 15.9 Å². The standard InChI is InChI=1S/C16H22BrN3O2/c1-20-10-12(9-19-20)15(11-5-7-22-14(17)8-11)16-13(21-2)4-3-6-18-16/h3-4,6,9,11-12,14-15H,5,7-8,10H2,1-2H3. The summed E-state index contributed by atoms with van der Waals surface area (Å²) in [5, 5.41) is 6.55. The Morgan fingerprint density at radius 3 is 3.05 bits per heavy atom. The van der Waals surface area contributed by atoms with Crippen molar-refractivity contribution in [2.24, 2.45) is 16.9 Å². The number of hydrogen-bond acceptors (Lipinski definition) is 5. The van der Waals surface area contributed by atoms with Gasteiger partial charge in [-0.25, -0.2) is 0 Å². The molecule has 1 aromatic heterocycles. The zero-order valence-corrected chi connectivity index (χ0v) is 14.6. The van der Waals surface area contributed by atoms with Gasteiger partial charge in [-0.05, 0) is 30.9 Å². The van der Waals surface area contributed by atoms with Crippen LogP contribution in [-0.2, 0) is 4.74 Å². The SMILES string of the molecule is COc1cccnc1C(C1C=NN(C)C1)C1CCOC(Br)C1. The van der Waals surface area contributed by atoms with Crippen molar-refractivity contribution in [3.63, 3.8) is 0 Å². The number of halogens is 1. The minimum absolute atomic E-state index is 0.125. The number of rotatable bonds is 4. The Morgan fingerprint density at radius 2 is 2.36 bits per heavy atom. The highest BCUT2D eigenvalue weighted by Crippen LogP contribution is 2.43. The van der Waals surface area contributed by atoms with E-state index in [4.69, 9.17) is 9.47 Å². The molecule has 3 rings (SSSR count). The molecule has 4 unspecified atom stereocenters. The highest BCUT2D eigenvalue weighted by molar-refractivity contribution is 9.09. The van der Waals surface area contributed by atoms with Crippen LogP contribution in [0.5, 0.6) is 5.75 Å². The third kappa shape index (κ3) is 3.27. The predicted molar refractivity (Wildman–Crippen MR) is 89.5 cm³/mol. The second kappa shape index (κ2) is 6.96. The van der Waals surface area contributed by atoms with E-state index in [1.165, 1.54) is 0 Å². The number of aromatic nitrogens is 1. The number of hydrazone groups is 1. The van der Waals surface area contributed by atoms with E-state index in [0.717, 1.165) is 37.4 Å². The Morgan fingerprint density at radius 1 is 1.50 bits per heavy atom. The number of nitrogens with zero attached hydrogens (tertiary/aromatic N) is 3. The van der Waals surface area contributed by atoms with Gasteiger partial charge in [-0.3, -0.25) is 9.99 Å². The van der Waals surface area contributed by atoms with Gasteiger partial charge in [-0.2, -0.15) is 5.10 Å². The van der Waals surface area contributed by atoms with Crippen LogP contribution in [0.3, 0.4) is 0 Å². The van der Waals surface area contributed by atoms with Gasteiger partial charge in [0.15, 0.2) is 0 Å². The lowest BCUT2D eigenvalue weighted by molar-refractivity contribution is 0.0353. The van der Waals surface area contributed by atoms with Crippen molar-refractivity contribution >= 4 is 22.1 Å². The van der Waals surface area contributed by atoms with E-state index >= 15 is 0 Å². The third-order valence-corrected chi connectivity index (χ3v) is 5.15. The number of alkyl halides is 1. The van der Waals surface area contributed by atoms with Crippen molar-refractivity contribution in [2.75, 3.05) is 27.3 Å². The first kappa shape index (κ1) is 15.7. The fraction of sp³-hybridized carbons (Fsp3) is 0.625. The van der Waals surface area contributed by atoms with E-state index in [2.05, 4.69) is 32.2 Å². The molecule has 1 aromatic rings. The predicted octanol–water partition coefficient (Wildman–Crippen LogP) is 2.87. The van der Waals surface area contributed by atoms with E-state index in [0.29, 0.717) is 17.8 Å². The molecule has 1 fully saturated rings. The summed E-state index contributed by atoms with van der Waals surface area (Å²) < 4.78 is 11.2. The maximum absolute atomic E-state index is 5.66. The Bertz CT molecular complexity index is 540. The van der Waals surface area contributed by atoms with Gasteiger partial charge in [0.2, 0.25) is 0 Å². The molecule has 0 bridgehead atoms. The van der Waals surface area contributed by atoms with Crippen LogP contribution in [0.4, 0.5) is 0 Å². The fourth-order valence-corrected chi connectivity index (χ4v) is 4.17. The quantitative estimate of drug-likeness (QED) is 0.767. The summed E-state index contributed by atoms with van der Waals surface area (Å²) in [4.78, 5) is 4.66. The van der Waals surface area contributed by atoms with Crippen molar-refractivity contribution in [1.29, 1.82) is 0 Å². The van der Waals surface area contributed by atoms with E-state index in [9.17, 15) is 0 Å². The number of hydrogen-bond donors (Lipinski definition) is 0. The summed E-state index contributed by atoms with van der Waals surface area (Å²) in [6.45, 7) is 1.71. The van der Waals surface area contributed by atoms with Gasteiger partial charge in [0.25, 0.3) is 0 Å². The van der Waals surface area contributed by atoms with Gasteiger partial charge >= 0.3 is 0 Å². The molecule has 6 heteroatoms. The Labute approximate surface area is 139 Å². The Balaban J connectivity index is 1.93. The minimum Gasteiger partial charge on any atom is -0.495 e. The highest BCUT2D eigenvalue weighted by atomic mass is 79.9. The second-order valence-electron chi connectivity index (χ2n) is 5.95. The van der Waals surface area contributed by atoms with Crippen LogP contribution in [0, 0.1) is 11.8 Å². The molecule has 0 N–H and O–H groups in total. The molecular formula is C16H22BrN3O2. The van der Waals surface area contributed by atoms with Crippen molar-refractivity contribution in [2.45, 2.75) is 23.8 Å². The summed E-state index contributed by atoms with van der Waals surface area (Å²) in [5.74, 6) is 2.03. The van der Waals surface area contributed by atoms with Crippen LogP contribution in [0.25, 0.3) is 0 Å². The molecule has 2 aliphatic rings. The molecule has 0 radical (unpaired) electrons.